The van der Waals surface area contributed by atoms with E-state index in [9.17, 15) is 4.79 Å². The molecule has 1 aromatic heterocycles. The summed E-state index contributed by atoms with van der Waals surface area (Å²) < 4.78 is 2.64. The van der Waals surface area contributed by atoms with E-state index in [2.05, 4.69) is 31.3 Å². The number of aryl methyl sites for hydroxylation is 1. The van der Waals surface area contributed by atoms with Gasteiger partial charge in [0.2, 0.25) is 0 Å². The number of nitrogens with zero attached hydrogens (tertiary/aromatic N) is 3. The second-order valence-corrected chi connectivity index (χ2v) is 8.05. The summed E-state index contributed by atoms with van der Waals surface area (Å²) in [5, 5.41) is 7.75. The highest BCUT2D eigenvalue weighted by Crippen LogP contribution is 2.33. The zero-order chi connectivity index (χ0) is 19.7. The maximum absolute atomic E-state index is 12.3. The van der Waals surface area contributed by atoms with E-state index in [1.807, 2.05) is 67.6 Å². The van der Waals surface area contributed by atoms with E-state index in [0.29, 0.717) is 27.3 Å². The van der Waals surface area contributed by atoms with Gasteiger partial charge in [-0.2, -0.15) is 5.10 Å². The van der Waals surface area contributed by atoms with Crippen LogP contribution in [-0.2, 0) is 4.79 Å². The maximum Gasteiger partial charge on any atom is 0.264 e. The molecule has 1 fully saturated rings. The molecule has 28 heavy (non-hydrogen) atoms. The SMILES string of the molecule is Cc1nn(-c2ccccc2)c(N)c1N=C1NC(=O)/C(=C/c2ccc(Br)cc2)S1. The van der Waals surface area contributed by atoms with Crippen LogP contribution in [-0.4, -0.2) is 20.9 Å². The van der Waals surface area contributed by atoms with E-state index < -0.39 is 0 Å². The van der Waals surface area contributed by atoms with Gasteiger partial charge in [-0.3, -0.25) is 4.79 Å². The van der Waals surface area contributed by atoms with E-state index in [1.165, 1.54) is 11.8 Å². The van der Waals surface area contributed by atoms with Crippen molar-refractivity contribution in [1.29, 1.82) is 0 Å². The molecule has 1 saturated heterocycles. The summed E-state index contributed by atoms with van der Waals surface area (Å²) >= 11 is 4.69. The van der Waals surface area contributed by atoms with Crippen LogP contribution in [0.2, 0.25) is 0 Å². The normalized spacial score (nSPS) is 16.7. The Morgan fingerprint density at radius 3 is 2.61 bits per heavy atom. The largest absolute Gasteiger partial charge is 0.382 e. The Morgan fingerprint density at radius 1 is 1.18 bits per heavy atom. The lowest BCUT2D eigenvalue weighted by molar-refractivity contribution is -0.115. The monoisotopic (exact) mass is 453 g/mol. The van der Waals surface area contributed by atoms with Gasteiger partial charge in [0.25, 0.3) is 5.91 Å². The Balaban J connectivity index is 1.63. The summed E-state index contributed by atoms with van der Waals surface area (Å²) in [5.74, 6) is 0.245. The number of aromatic nitrogens is 2. The molecular formula is C20H16BrN5OS. The van der Waals surface area contributed by atoms with Crippen LogP contribution in [0.3, 0.4) is 0 Å². The predicted octanol–water partition coefficient (Wildman–Crippen LogP) is 4.42. The standard InChI is InChI=1S/C20H16BrN5OS/c1-12-17(18(22)26(25-12)15-5-3-2-4-6-15)23-20-24-19(27)16(28-20)11-13-7-9-14(21)10-8-13/h2-11H,22H2,1H3,(H,23,24,27)/b16-11-. The van der Waals surface area contributed by atoms with Crippen LogP contribution in [0.1, 0.15) is 11.3 Å². The highest BCUT2D eigenvalue weighted by molar-refractivity contribution is 9.10. The molecule has 3 aromatic rings. The number of nitrogens with two attached hydrogens (primary N) is 1. The van der Waals surface area contributed by atoms with Crippen molar-refractivity contribution in [3.05, 3.63) is 75.2 Å². The number of hydrogen-bond acceptors (Lipinski definition) is 5. The van der Waals surface area contributed by atoms with Gasteiger partial charge in [-0.05, 0) is 54.6 Å². The molecular weight excluding hydrogens is 438 g/mol. The van der Waals surface area contributed by atoms with E-state index in [-0.39, 0.29) is 5.91 Å². The molecule has 0 aliphatic carbocycles. The van der Waals surface area contributed by atoms with Crippen molar-refractivity contribution in [2.45, 2.75) is 6.92 Å². The number of aliphatic imine (C=N–C) groups is 1. The summed E-state index contributed by atoms with van der Waals surface area (Å²) in [6.45, 7) is 1.84. The molecule has 140 valence electrons. The number of rotatable bonds is 3. The lowest BCUT2D eigenvalue weighted by Crippen LogP contribution is -2.19. The third-order valence-corrected chi connectivity index (χ3v) is 5.53. The molecule has 1 aliphatic heterocycles. The molecule has 0 atom stereocenters. The summed E-state index contributed by atoms with van der Waals surface area (Å²) in [5.41, 5.74) is 9.31. The van der Waals surface area contributed by atoms with Crippen LogP contribution >= 0.6 is 27.7 Å². The first-order chi connectivity index (χ1) is 13.5. The van der Waals surface area contributed by atoms with Gasteiger partial charge in [0.1, 0.15) is 5.69 Å². The number of thioether (sulfide) groups is 1. The van der Waals surface area contributed by atoms with Crippen LogP contribution < -0.4 is 11.1 Å². The van der Waals surface area contributed by atoms with Gasteiger partial charge in [0.15, 0.2) is 11.0 Å². The molecule has 6 nitrogen and oxygen atoms in total. The van der Waals surface area contributed by atoms with Crippen molar-refractivity contribution in [2.75, 3.05) is 5.73 Å². The third kappa shape index (κ3) is 3.74. The van der Waals surface area contributed by atoms with Gasteiger partial charge >= 0.3 is 0 Å². The average molecular weight is 454 g/mol. The van der Waals surface area contributed by atoms with Gasteiger partial charge in [-0.25, -0.2) is 9.67 Å². The number of nitrogen functional groups attached to an aromatic ring is 1. The maximum atomic E-state index is 12.3. The molecule has 8 heteroatoms. The summed E-state index contributed by atoms with van der Waals surface area (Å²) in [4.78, 5) is 17.4. The number of amides is 1. The fraction of sp³-hybridized carbons (Fsp3) is 0.0500. The minimum Gasteiger partial charge on any atom is -0.382 e. The minimum atomic E-state index is -0.182. The van der Waals surface area contributed by atoms with Crippen LogP contribution in [0.5, 0.6) is 0 Å². The number of para-hydroxylation sites is 1. The number of nitrogens with one attached hydrogen (secondary N) is 1. The third-order valence-electron chi connectivity index (χ3n) is 4.10. The Bertz CT molecular complexity index is 1100. The quantitative estimate of drug-likeness (QED) is 0.574. The molecule has 2 aromatic carbocycles. The average Bonchev–Trinajstić information content (AvgIpc) is 3.18. The number of carbonyl (C=O) groups is 1. The van der Waals surface area contributed by atoms with Gasteiger partial charge in [-0.15, -0.1) is 0 Å². The fourth-order valence-electron chi connectivity index (χ4n) is 2.73. The van der Waals surface area contributed by atoms with Crippen molar-refractivity contribution in [3.63, 3.8) is 0 Å². The Labute approximate surface area is 174 Å². The van der Waals surface area contributed by atoms with Crippen molar-refractivity contribution in [1.82, 2.24) is 15.1 Å². The van der Waals surface area contributed by atoms with Crippen molar-refractivity contribution in [2.24, 2.45) is 4.99 Å². The lowest BCUT2D eigenvalue weighted by Gasteiger charge is -2.03. The number of carbonyl (C=O) groups excluding carboxylic acids is 1. The Hall–Kier alpha value is -2.84. The first kappa shape index (κ1) is 18.5. The highest BCUT2D eigenvalue weighted by Gasteiger charge is 2.25. The molecule has 2 heterocycles. The summed E-state index contributed by atoms with van der Waals surface area (Å²) in [6.07, 6.45) is 1.83. The van der Waals surface area contributed by atoms with Crippen LogP contribution in [0.4, 0.5) is 11.5 Å². The topological polar surface area (TPSA) is 85.3 Å². The van der Waals surface area contributed by atoms with Crippen molar-refractivity contribution >= 4 is 56.3 Å². The zero-order valence-electron chi connectivity index (χ0n) is 14.9. The van der Waals surface area contributed by atoms with E-state index in [1.54, 1.807) is 4.68 Å². The molecule has 0 bridgehead atoms. The number of benzene rings is 2. The number of anilines is 1. The van der Waals surface area contributed by atoms with Gasteiger partial charge in [0, 0.05) is 4.47 Å². The summed E-state index contributed by atoms with van der Waals surface area (Å²) in [6, 6.07) is 17.4. The molecule has 0 unspecified atom stereocenters. The van der Waals surface area contributed by atoms with Crippen LogP contribution in [0.25, 0.3) is 11.8 Å². The first-order valence-electron chi connectivity index (χ1n) is 8.47. The van der Waals surface area contributed by atoms with E-state index in [0.717, 1.165) is 15.7 Å². The van der Waals surface area contributed by atoms with Gasteiger partial charge < -0.3 is 11.1 Å². The molecule has 4 rings (SSSR count). The Morgan fingerprint density at radius 2 is 1.89 bits per heavy atom. The van der Waals surface area contributed by atoms with Crippen molar-refractivity contribution < 1.29 is 4.79 Å². The first-order valence-corrected chi connectivity index (χ1v) is 10.1. The predicted molar refractivity (Wildman–Crippen MR) is 118 cm³/mol. The summed E-state index contributed by atoms with van der Waals surface area (Å²) in [7, 11) is 0. The highest BCUT2D eigenvalue weighted by atomic mass is 79.9. The van der Waals surface area contributed by atoms with Gasteiger partial charge in [-0.1, -0.05) is 46.3 Å². The fourth-order valence-corrected chi connectivity index (χ4v) is 3.83. The van der Waals surface area contributed by atoms with Crippen LogP contribution in [0.15, 0.2) is 69.0 Å². The second-order valence-electron chi connectivity index (χ2n) is 6.10. The van der Waals surface area contributed by atoms with E-state index >= 15 is 0 Å². The number of amidine groups is 1. The molecule has 0 saturated carbocycles. The second kappa shape index (κ2) is 7.65. The smallest absolute Gasteiger partial charge is 0.264 e. The molecule has 1 aliphatic rings. The lowest BCUT2D eigenvalue weighted by atomic mass is 10.2. The zero-order valence-corrected chi connectivity index (χ0v) is 17.3. The molecule has 0 spiro atoms. The van der Waals surface area contributed by atoms with E-state index in [4.69, 9.17) is 5.73 Å². The Kier molecular flexibility index (Phi) is 5.06. The van der Waals surface area contributed by atoms with Crippen LogP contribution in [0, 0.1) is 6.92 Å². The molecule has 3 N–H and O–H groups in total. The van der Waals surface area contributed by atoms with Crippen molar-refractivity contribution in [3.8, 4) is 5.69 Å². The number of hydrogen-bond donors (Lipinski definition) is 2. The molecule has 1 amide bonds. The molecule has 0 radical (unpaired) electrons. The number of halogens is 1. The minimum absolute atomic E-state index is 0.182. The van der Waals surface area contributed by atoms with Gasteiger partial charge in [0.05, 0.1) is 16.3 Å².